The molecule has 0 aliphatic heterocycles. The van der Waals surface area contributed by atoms with E-state index in [1.54, 1.807) is 31.4 Å². The fourth-order valence-electron chi connectivity index (χ4n) is 2.48. The molecule has 2 aromatic carbocycles. The molecule has 0 heterocycles. The van der Waals surface area contributed by atoms with Crippen molar-refractivity contribution in [2.75, 3.05) is 19.0 Å². The lowest BCUT2D eigenvalue weighted by atomic mass is 10.1. The highest BCUT2D eigenvalue weighted by atomic mass is 16.5. The molecular formula is C21H25N3O4. The van der Waals surface area contributed by atoms with Gasteiger partial charge in [0.05, 0.1) is 19.9 Å². The number of hydrogen-bond donors (Lipinski definition) is 2. The molecule has 0 spiro atoms. The zero-order valence-electron chi connectivity index (χ0n) is 16.5. The Balaban J connectivity index is 1.93. The van der Waals surface area contributed by atoms with Crippen LogP contribution in [0.2, 0.25) is 0 Å². The van der Waals surface area contributed by atoms with E-state index in [4.69, 9.17) is 9.47 Å². The van der Waals surface area contributed by atoms with Crippen LogP contribution < -0.4 is 20.2 Å². The Bertz CT molecular complexity index is 878. The van der Waals surface area contributed by atoms with Gasteiger partial charge < -0.3 is 14.8 Å². The molecule has 28 heavy (non-hydrogen) atoms. The van der Waals surface area contributed by atoms with E-state index in [0.717, 1.165) is 11.1 Å². The lowest BCUT2D eigenvalue weighted by Crippen LogP contribution is -2.24. The van der Waals surface area contributed by atoms with E-state index < -0.39 is 11.8 Å². The van der Waals surface area contributed by atoms with Gasteiger partial charge in [-0.1, -0.05) is 12.1 Å². The first kappa shape index (κ1) is 21.0. The number of ether oxygens (including phenoxy) is 2. The second kappa shape index (κ2) is 10.1. The van der Waals surface area contributed by atoms with E-state index in [-0.39, 0.29) is 6.42 Å². The number of nitrogens with one attached hydrogen (secondary N) is 2. The number of amides is 2. The average Bonchev–Trinajstić information content (AvgIpc) is 2.66. The largest absolute Gasteiger partial charge is 0.493 e. The van der Waals surface area contributed by atoms with Crippen LogP contribution in [0.5, 0.6) is 11.5 Å². The van der Waals surface area contributed by atoms with E-state index in [9.17, 15) is 9.59 Å². The topological polar surface area (TPSA) is 89.0 Å². The maximum atomic E-state index is 12.0. The lowest BCUT2D eigenvalue weighted by Gasteiger charge is -2.11. The van der Waals surface area contributed by atoms with Gasteiger partial charge in [-0.2, -0.15) is 5.10 Å². The van der Waals surface area contributed by atoms with Crippen molar-refractivity contribution in [3.8, 4) is 11.5 Å². The minimum atomic E-state index is -0.515. The molecule has 0 aromatic heterocycles. The lowest BCUT2D eigenvalue weighted by molar-refractivity contribution is -0.126. The van der Waals surface area contributed by atoms with Crippen LogP contribution in [-0.4, -0.2) is 31.7 Å². The highest BCUT2D eigenvalue weighted by Crippen LogP contribution is 2.29. The quantitative estimate of drug-likeness (QED) is 0.416. The summed E-state index contributed by atoms with van der Waals surface area (Å²) in [4.78, 5) is 24.0. The fourth-order valence-corrected chi connectivity index (χ4v) is 2.48. The van der Waals surface area contributed by atoms with Crippen molar-refractivity contribution in [2.45, 2.75) is 27.2 Å². The van der Waals surface area contributed by atoms with E-state index >= 15 is 0 Å². The summed E-state index contributed by atoms with van der Waals surface area (Å²) in [7, 11) is 1.55. The van der Waals surface area contributed by atoms with Crippen LogP contribution in [0.25, 0.3) is 0 Å². The van der Waals surface area contributed by atoms with E-state index in [0.29, 0.717) is 29.4 Å². The molecule has 0 bridgehead atoms. The van der Waals surface area contributed by atoms with Gasteiger partial charge in [-0.15, -0.1) is 0 Å². The molecule has 0 saturated carbocycles. The zero-order chi connectivity index (χ0) is 20.5. The molecule has 0 atom stereocenters. The predicted molar refractivity (Wildman–Crippen MR) is 109 cm³/mol. The van der Waals surface area contributed by atoms with Gasteiger partial charge in [0.2, 0.25) is 11.8 Å². The van der Waals surface area contributed by atoms with Crippen molar-refractivity contribution in [3.63, 3.8) is 0 Å². The number of anilines is 1. The SMILES string of the molecule is CCOc1c(C=NNC(=O)CC(=O)Nc2ccc(C)c(C)c2)cccc1OC. The van der Waals surface area contributed by atoms with Crippen LogP contribution in [-0.2, 0) is 9.59 Å². The summed E-state index contributed by atoms with van der Waals surface area (Å²) < 4.78 is 10.8. The maximum Gasteiger partial charge on any atom is 0.249 e. The van der Waals surface area contributed by atoms with Crippen LogP contribution in [0, 0.1) is 13.8 Å². The number of methoxy groups -OCH3 is 1. The molecule has 0 radical (unpaired) electrons. The number of para-hydroxylation sites is 1. The van der Waals surface area contributed by atoms with Crippen molar-refractivity contribution in [2.24, 2.45) is 5.10 Å². The summed E-state index contributed by atoms with van der Waals surface area (Å²) >= 11 is 0. The van der Waals surface area contributed by atoms with Gasteiger partial charge in [-0.25, -0.2) is 5.43 Å². The Hall–Kier alpha value is -3.35. The maximum absolute atomic E-state index is 12.0. The van der Waals surface area contributed by atoms with Crippen molar-refractivity contribution in [1.29, 1.82) is 0 Å². The summed E-state index contributed by atoms with van der Waals surface area (Å²) in [5, 5.41) is 6.61. The van der Waals surface area contributed by atoms with Gasteiger partial charge >= 0.3 is 0 Å². The Morgan fingerprint density at radius 3 is 2.57 bits per heavy atom. The normalized spacial score (nSPS) is 10.6. The van der Waals surface area contributed by atoms with Crippen molar-refractivity contribution >= 4 is 23.7 Å². The van der Waals surface area contributed by atoms with Gasteiger partial charge in [0.15, 0.2) is 11.5 Å². The summed E-state index contributed by atoms with van der Waals surface area (Å²) in [6, 6.07) is 10.9. The first-order valence-electron chi connectivity index (χ1n) is 8.93. The van der Waals surface area contributed by atoms with Crippen LogP contribution in [0.15, 0.2) is 41.5 Å². The first-order chi connectivity index (χ1) is 13.4. The van der Waals surface area contributed by atoms with Crippen LogP contribution in [0.1, 0.15) is 30.0 Å². The molecular weight excluding hydrogens is 358 g/mol. The number of carbonyl (C=O) groups excluding carboxylic acids is 2. The molecule has 148 valence electrons. The number of nitrogens with zero attached hydrogens (tertiary/aromatic N) is 1. The molecule has 2 N–H and O–H groups in total. The molecule has 2 aromatic rings. The highest BCUT2D eigenvalue weighted by Gasteiger charge is 2.11. The molecule has 7 heteroatoms. The summed E-state index contributed by atoms with van der Waals surface area (Å²) in [5.41, 5.74) is 5.86. The number of benzene rings is 2. The van der Waals surface area contributed by atoms with Gasteiger partial charge in [0, 0.05) is 11.3 Å². The monoisotopic (exact) mass is 383 g/mol. The van der Waals surface area contributed by atoms with Gasteiger partial charge in [0.25, 0.3) is 0 Å². The number of hydrazone groups is 1. The minimum Gasteiger partial charge on any atom is -0.493 e. The molecule has 0 aliphatic rings. The number of carbonyl (C=O) groups is 2. The third-order valence-electron chi connectivity index (χ3n) is 4.02. The predicted octanol–water partition coefficient (Wildman–Crippen LogP) is 3.19. The summed E-state index contributed by atoms with van der Waals surface area (Å²) in [6.07, 6.45) is 1.12. The molecule has 7 nitrogen and oxygen atoms in total. The smallest absolute Gasteiger partial charge is 0.249 e. The Morgan fingerprint density at radius 1 is 1.11 bits per heavy atom. The Labute approximate surface area is 164 Å². The van der Waals surface area contributed by atoms with E-state index in [1.165, 1.54) is 6.21 Å². The van der Waals surface area contributed by atoms with Crippen LogP contribution in [0.3, 0.4) is 0 Å². The molecule has 0 saturated heterocycles. The van der Waals surface area contributed by atoms with E-state index in [2.05, 4.69) is 15.8 Å². The Kier molecular flexibility index (Phi) is 7.56. The van der Waals surface area contributed by atoms with E-state index in [1.807, 2.05) is 32.9 Å². The van der Waals surface area contributed by atoms with Gasteiger partial charge in [-0.05, 0) is 56.2 Å². The molecule has 0 aliphatic carbocycles. The minimum absolute atomic E-state index is 0.333. The summed E-state index contributed by atoms with van der Waals surface area (Å²) in [5.74, 6) is 0.189. The average molecular weight is 383 g/mol. The van der Waals surface area contributed by atoms with Crippen molar-refractivity contribution in [3.05, 3.63) is 53.1 Å². The molecule has 0 fully saturated rings. The van der Waals surface area contributed by atoms with Crippen molar-refractivity contribution in [1.82, 2.24) is 5.43 Å². The first-order valence-corrected chi connectivity index (χ1v) is 8.93. The standard InChI is InChI=1S/C21H25N3O4/c1-5-28-21-16(7-6-8-18(21)27-4)13-22-24-20(26)12-19(25)23-17-10-9-14(2)15(3)11-17/h6-11,13H,5,12H2,1-4H3,(H,23,25)(H,24,26). The third-order valence-corrected chi connectivity index (χ3v) is 4.02. The number of hydrogen-bond acceptors (Lipinski definition) is 5. The van der Waals surface area contributed by atoms with Crippen LogP contribution in [0.4, 0.5) is 5.69 Å². The molecule has 2 rings (SSSR count). The molecule has 0 unspecified atom stereocenters. The van der Waals surface area contributed by atoms with Crippen LogP contribution >= 0.6 is 0 Å². The third kappa shape index (κ3) is 5.84. The summed E-state index contributed by atoms with van der Waals surface area (Å²) in [6.45, 7) is 6.28. The second-order valence-corrected chi connectivity index (χ2v) is 6.13. The number of rotatable bonds is 8. The second-order valence-electron chi connectivity index (χ2n) is 6.13. The Morgan fingerprint density at radius 2 is 1.89 bits per heavy atom. The van der Waals surface area contributed by atoms with Gasteiger partial charge in [-0.3, -0.25) is 9.59 Å². The van der Waals surface area contributed by atoms with Crippen molar-refractivity contribution < 1.29 is 19.1 Å². The van der Waals surface area contributed by atoms with Gasteiger partial charge in [0.1, 0.15) is 6.42 Å². The zero-order valence-corrected chi connectivity index (χ0v) is 16.5. The fraction of sp³-hybridized carbons (Fsp3) is 0.286. The molecule has 2 amide bonds. The highest BCUT2D eigenvalue weighted by molar-refractivity contribution is 6.03. The number of aryl methyl sites for hydroxylation is 2.